The summed E-state index contributed by atoms with van der Waals surface area (Å²) in [6, 6.07) is 17.3. The first-order valence-corrected chi connectivity index (χ1v) is 10.1. The Morgan fingerprint density at radius 1 is 1.06 bits per heavy atom. The molecule has 0 amide bonds. The van der Waals surface area contributed by atoms with E-state index in [0.29, 0.717) is 16.9 Å². The van der Waals surface area contributed by atoms with Gasteiger partial charge in [0.25, 0.3) is 0 Å². The van der Waals surface area contributed by atoms with Crippen molar-refractivity contribution in [3.63, 3.8) is 0 Å². The van der Waals surface area contributed by atoms with Crippen LogP contribution >= 0.6 is 0 Å². The SMILES string of the molecule is Cc1cc(C(=O)COC(=O)/C=C/c2cccc3cccnc23)c(C)n1-c1cccc(F)c1. The Labute approximate surface area is 184 Å². The number of carbonyl (C=O) groups excluding carboxylic acids is 2. The smallest absolute Gasteiger partial charge is 0.331 e. The Morgan fingerprint density at radius 2 is 1.84 bits per heavy atom. The van der Waals surface area contributed by atoms with Gasteiger partial charge in [-0.3, -0.25) is 9.78 Å². The molecular formula is C26H21FN2O3. The summed E-state index contributed by atoms with van der Waals surface area (Å²) < 4.78 is 20.6. The number of rotatable bonds is 6. The van der Waals surface area contributed by atoms with Gasteiger partial charge in [0, 0.05) is 45.9 Å². The topological polar surface area (TPSA) is 61.2 Å². The second kappa shape index (κ2) is 8.98. The van der Waals surface area contributed by atoms with Crippen LogP contribution < -0.4 is 0 Å². The van der Waals surface area contributed by atoms with Crippen LogP contribution in [0, 0.1) is 19.7 Å². The minimum atomic E-state index is -0.620. The molecule has 6 heteroatoms. The van der Waals surface area contributed by atoms with Crippen LogP contribution in [0.25, 0.3) is 22.7 Å². The molecule has 0 N–H and O–H groups in total. The highest BCUT2D eigenvalue weighted by Crippen LogP contribution is 2.22. The standard InChI is InChI=1S/C26H21FN2O3/c1-17-14-23(18(2)29(17)22-10-4-9-21(27)15-22)24(30)16-32-25(31)12-11-20-7-3-6-19-8-5-13-28-26(19)20/h3-15H,16H2,1-2H3/b12-11+. The maximum atomic E-state index is 13.6. The molecule has 32 heavy (non-hydrogen) atoms. The first-order valence-electron chi connectivity index (χ1n) is 10.1. The summed E-state index contributed by atoms with van der Waals surface area (Å²) in [4.78, 5) is 29.2. The van der Waals surface area contributed by atoms with Crippen molar-refractivity contribution in [1.82, 2.24) is 9.55 Å². The number of fused-ring (bicyclic) bond motifs is 1. The molecule has 0 spiro atoms. The lowest BCUT2D eigenvalue weighted by Crippen LogP contribution is -2.13. The van der Waals surface area contributed by atoms with Gasteiger partial charge in [-0.1, -0.05) is 30.3 Å². The van der Waals surface area contributed by atoms with Crippen molar-refractivity contribution in [3.8, 4) is 5.69 Å². The van der Waals surface area contributed by atoms with E-state index >= 15 is 0 Å². The number of hydrogen-bond donors (Lipinski definition) is 0. The number of halogens is 1. The van der Waals surface area contributed by atoms with E-state index < -0.39 is 5.97 Å². The Hall–Kier alpha value is -4.06. The zero-order valence-corrected chi connectivity index (χ0v) is 17.7. The fourth-order valence-corrected chi connectivity index (χ4v) is 3.74. The van der Waals surface area contributed by atoms with Crippen LogP contribution in [0.15, 0.2) is 72.9 Å². The molecule has 160 valence electrons. The number of para-hydroxylation sites is 1. The highest BCUT2D eigenvalue weighted by Gasteiger charge is 2.18. The monoisotopic (exact) mass is 428 g/mol. The largest absolute Gasteiger partial charge is 0.454 e. The number of aryl methyl sites for hydroxylation is 1. The van der Waals surface area contributed by atoms with E-state index in [-0.39, 0.29) is 18.2 Å². The number of aromatic nitrogens is 2. The van der Waals surface area contributed by atoms with Crippen LogP contribution in [-0.4, -0.2) is 27.9 Å². The van der Waals surface area contributed by atoms with Crippen molar-refractivity contribution in [2.24, 2.45) is 0 Å². The van der Waals surface area contributed by atoms with Crippen LogP contribution in [-0.2, 0) is 9.53 Å². The number of benzene rings is 2. The predicted molar refractivity (Wildman–Crippen MR) is 121 cm³/mol. The lowest BCUT2D eigenvalue weighted by molar-refractivity contribution is -0.136. The molecule has 0 saturated heterocycles. The molecule has 4 aromatic rings. The van der Waals surface area contributed by atoms with Gasteiger partial charge in [-0.25, -0.2) is 9.18 Å². The maximum absolute atomic E-state index is 13.6. The van der Waals surface area contributed by atoms with Crippen LogP contribution in [0.4, 0.5) is 4.39 Å². The van der Waals surface area contributed by atoms with Gasteiger partial charge in [0.1, 0.15) is 5.82 Å². The Bertz CT molecular complexity index is 1350. The number of Topliss-reactive ketones (excluding diaryl/α,β-unsaturated/α-hetero) is 1. The van der Waals surface area contributed by atoms with Crippen molar-refractivity contribution >= 4 is 28.7 Å². The van der Waals surface area contributed by atoms with Gasteiger partial charge in [-0.15, -0.1) is 0 Å². The highest BCUT2D eigenvalue weighted by molar-refractivity contribution is 6.00. The zero-order valence-electron chi connectivity index (χ0n) is 17.7. The number of carbonyl (C=O) groups is 2. The summed E-state index contributed by atoms with van der Waals surface area (Å²) in [7, 11) is 0. The molecular weight excluding hydrogens is 407 g/mol. The second-order valence-electron chi connectivity index (χ2n) is 7.39. The summed E-state index contributed by atoms with van der Waals surface area (Å²) >= 11 is 0. The lowest BCUT2D eigenvalue weighted by Gasteiger charge is -2.10. The third kappa shape index (κ3) is 4.34. The van der Waals surface area contributed by atoms with Crippen molar-refractivity contribution in [3.05, 3.63) is 101 Å². The minimum Gasteiger partial charge on any atom is -0.454 e. The van der Waals surface area contributed by atoms with Gasteiger partial charge in [0.15, 0.2) is 6.61 Å². The average Bonchev–Trinajstić information content (AvgIpc) is 3.09. The molecule has 0 fully saturated rings. The molecule has 0 unspecified atom stereocenters. The van der Waals surface area contributed by atoms with Gasteiger partial charge < -0.3 is 9.30 Å². The predicted octanol–water partition coefficient (Wildman–Crippen LogP) is 5.22. The molecule has 0 saturated carbocycles. The maximum Gasteiger partial charge on any atom is 0.331 e. The summed E-state index contributed by atoms with van der Waals surface area (Å²) in [6.45, 7) is 3.23. The molecule has 2 heterocycles. The van der Waals surface area contributed by atoms with E-state index in [1.165, 1.54) is 18.2 Å². The molecule has 0 aliphatic heterocycles. The highest BCUT2D eigenvalue weighted by atomic mass is 19.1. The minimum absolute atomic E-state index is 0.325. The van der Waals surface area contributed by atoms with Gasteiger partial charge in [0.05, 0.1) is 5.52 Å². The molecule has 2 aromatic carbocycles. The lowest BCUT2D eigenvalue weighted by atomic mass is 10.1. The average molecular weight is 428 g/mol. The summed E-state index contributed by atoms with van der Waals surface area (Å²) in [5.74, 6) is -1.30. The third-order valence-corrected chi connectivity index (χ3v) is 5.21. The fraction of sp³-hybridized carbons (Fsp3) is 0.115. The number of esters is 1. The quantitative estimate of drug-likeness (QED) is 0.240. The number of nitrogens with zero attached hydrogens (tertiary/aromatic N) is 2. The van der Waals surface area contributed by atoms with Crippen molar-refractivity contribution in [2.75, 3.05) is 6.61 Å². The van der Waals surface area contributed by atoms with E-state index in [0.717, 1.165) is 22.2 Å². The normalized spacial score (nSPS) is 11.2. The molecule has 0 aliphatic rings. The van der Waals surface area contributed by atoms with Crippen LogP contribution in [0.5, 0.6) is 0 Å². The van der Waals surface area contributed by atoms with Crippen molar-refractivity contribution in [1.29, 1.82) is 0 Å². The van der Waals surface area contributed by atoms with Gasteiger partial charge in [0.2, 0.25) is 5.78 Å². The zero-order chi connectivity index (χ0) is 22.7. The van der Waals surface area contributed by atoms with Crippen LogP contribution in [0.2, 0.25) is 0 Å². The molecule has 0 aliphatic carbocycles. The first-order chi connectivity index (χ1) is 15.4. The Balaban J connectivity index is 1.45. The second-order valence-corrected chi connectivity index (χ2v) is 7.39. The number of pyridine rings is 1. The van der Waals surface area contributed by atoms with E-state index in [4.69, 9.17) is 4.74 Å². The van der Waals surface area contributed by atoms with Gasteiger partial charge >= 0.3 is 5.97 Å². The van der Waals surface area contributed by atoms with Crippen LogP contribution in [0.1, 0.15) is 27.3 Å². The number of ether oxygens (including phenoxy) is 1. The van der Waals surface area contributed by atoms with E-state index in [9.17, 15) is 14.0 Å². The fourth-order valence-electron chi connectivity index (χ4n) is 3.74. The Morgan fingerprint density at radius 3 is 2.66 bits per heavy atom. The molecule has 2 aromatic heterocycles. The molecule has 0 bridgehead atoms. The number of hydrogen-bond acceptors (Lipinski definition) is 4. The van der Waals surface area contributed by atoms with Gasteiger partial charge in [-0.05, 0) is 50.3 Å². The van der Waals surface area contributed by atoms with E-state index in [2.05, 4.69) is 4.98 Å². The summed E-state index contributed by atoms with van der Waals surface area (Å²) in [5.41, 5.74) is 4.06. The van der Waals surface area contributed by atoms with Crippen molar-refractivity contribution < 1.29 is 18.7 Å². The molecule has 5 nitrogen and oxygen atoms in total. The molecule has 0 radical (unpaired) electrons. The number of ketones is 1. The molecule has 4 rings (SSSR count). The van der Waals surface area contributed by atoms with E-state index in [1.807, 2.05) is 37.3 Å². The van der Waals surface area contributed by atoms with E-state index in [1.54, 1.807) is 42.0 Å². The van der Waals surface area contributed by atoms with Crippen molar-refractivity contribution in [2.45, 2.75) is 13.8 Å². The Kier molecular flexibility index (Phi) is 5.94. The van der Waals surface area contributed by atoms with Gasteiger partial charge in [-0.2, -0.15) is 0 Å². The third-order valence-electron chi connectivity index (χ3n) is 5.21. The summed E-state index contributed by atoms with van der Waals surface area (Å²) in [5, 5.41) is 0.965. The van der Waals surface area contributed by atoms with Crippen LogP contribution in [0.3, 0.4) is 0 Å². The first kappa shape index (κ1) is 21.2. The summed E-state index contributed by atoms with van der Waals surface area (Å²) in [6.07, 6.45) is 4.60. The molecule has 0 atom stereocenters.